The molecule has 0 saturated heterocycles. The third-order valence-corrected chi connectivity index (χ3v) is 2.56. The zero-order valence-corrected chi connectivity index (χ0v) is 10.1. The summed E-state index contributed by atoms with van der Waals surface area (Å²) in [4.78, 5) is 11.7. The zero-order valence-electron chi connectivity index (χ0n) is 10.1. The van der Waals surface area contributed by atoms with Crippen LogP contribution in [0.3, 0.4) is 0 Å². The average Bonchev–Trinajstić information content (AvgIpc) is 2.76. The summed E-state index contributed by atoms with van der Waals surface area (Å²) in [5.41, 5.74) is 1.53. The van der Waals surface area contributed by atoms with Crippen LogP contribution in [0.25, 0.3) is 0 Å². The van der Waals surface area contributed by atoms with Crippen molar-refractivity contribution in [2.75, 3.05) is 6.54 Å². The molecular weight excluding hydrogens is 233 g/mol. The standard InChI is InChI=1S/C13H14FN3O/c1-17-9-10(8-16-17)6-7-15-13(18)11-2-4-12(14)5-3-11/h2-5,8-9H,6-7H2,1H3,(H,15,18). The van der Waals surface area contributed by atoms with Crippen LogP contribution in [0.2, 0.25) is 0 Å². The molecule has 0 aliphatic heterocycles. The van der Waals surface area contributed by atoms with Crippen LogP contribution in [-0.2, 0) is 13.5 Å². The van der Waals surface area contributed by atoms with Gasteiger partial charge in [0.25, 0.3) is 5.91 Å². The van der Waals surface area contributed by atoms with E-state index in [4.69, 9.17) is 0 Å². The van der Waals surface area contributed by atoms with E-state index in [1.807, 2.05) is 13.2 Å². The number of aromatic nitrogens is 2. The molecule has 0 saturated carbocycles. The third kappa shape index (κ3) is 3.16. The fourth-order valence-electron chi connectivity index (χ4n) is 1.62. The van der Waals surface area contributed by atoms with Gasteiger partial charge in [0.05, 0.1) is 6.20 Å². The lowest BCUT2D eigenvalue weighted by atomic mass is 10.2. The summed E-state index contributed by atoms with van der Waals surface area (Å²) in [5.74, 6) is -0.541. The number of benzene rings is 1. The molecule has 4 nitrogen and oxygen atoms in total. The summed E-state index contributed by atoms with van der Waals surface area (Å²) in [6, 6.07) is 5.48. The second-order valence-corrected chi connectivity index (χ2v) is 4.04. The van der Waals surface area contributed by atoms with Gasteiger partial charge in [-0.3, -0.25) is 9.48 Å². The van der Waals surface area contributed by atoms with Crippen molar-refractivity contribution < 1.29 is 9.18 Å². The number of hydrogen-bond acceptors (Lipinski definition) is 2. The first-order valence-corrected chi connectivity index (χ1v) is 5.66. The summed E-state index contributed by atoms with van der Waals surface area (Å²) in [7, 11) is 1.85. The van der Waals surface area contributed by atoms with Gasteiger partial charge in [-0.15, -0.1) is 0 Å². The zero-order chi connectivity index (χ0) is 13.0. The van der Waals surface area contributed by atoms with Crippen molar-refractivity contribution in [1.82, 2.24) is 15.1 Å². The predicted molar refractivity (Wildman–Crippen MR) is 65.6 cm³/mol. The molecule has 0 aliphatic carbocycles. The second-order valence-electron chi connectivity index (χ2n) is 4.04. The highest BCUT2D eigenvalue weighted by atomic mass is 19.1. The van der Waals surface area contributed by atoms with Crippen LogP contribution in [0.15, 0.2) is 36.7 Å². The monoisotopic (exact) mass is 247 g/mol. The van der Waals surface area contributed by atoms with Gasteiger partial charge in [0.2, 0.25) is 0 Å². The van der Waals surface area contributed by atoms with E-state index in [0.717, 1.165) is 12.0 Å². The van der Waals surface area contributed by atoms with Crippen LogP contribution in [0.1, 0.15) is 15.9 Å². The molecule has 0 atom stereocenters. The van der Waals surface area contributed by atoms with Crippen LogP contribution in [0, 0.1) is 5.82 Å². The number of carbonyl (C=O) groups is 1. The van der Waals surface area contributed by atoms with E-state index in [1.54, 1.807) is 10.9 Å². The number of rotatable bonds is 4. The van der Waals surface area contributed by atoms with Crippen molar-refractivity contribution in [2.45, 2.75) is 6.42 Å². The van der Waals surface area contributed by atoms with Gasteiger partial charge in [-0.1, -0.05) is 0 Å². The van der Waals surface area contributed by atoms with Crippen molar-refractivity contribution in [3.8, 4) is 0 Å². The van der Waals surface area contributed by atoms with E-state index in [0.29, 0.717) is 12.1 Å². The minimum absolute atomic E-state index is 0.195. The normalized spacial score (nSPS) is 10.3. The maximum Gasteiger partial charge on any atom is 0.251 e. The number of hydrogen-bond donors (Lipinski definition) is 1. The third-order valence-electron chi connectivity index (χ3n) is 2.56. The molecule has 5 heteroatoms. The van der Waals surface area contributed by atoms with Crippen LogP contribution in [-0.4, -0.2) is 22.2 Å². The summed E-state index contributed by atoms with van der Waals surface area (Å²) in [5, 5.41) is 6.82. The van der Waals surface area contributed by atoms with Gasteiger partial charge >= 0.3 is 0 Å². The Labute approximate surface area is 104 Å². The molecule has 0 bridgehead atoms. The van der Waals surface area contributed by atoms with E-state index >= 15 is 0 Å². The number of amides is 1. The van der Waals surface area contributed by atoms with E-state index < -0.39 is 0 Å². The Morgan fingerprint density at radius 3 is 2.72 bits per heavy atom. The van der Waals surface area contributed by atoms with E-state index in [9.17, 15) is 9.18 Å². The van der Waals surface area contributed by atoms with Gasteiger partial charge in [-0.2, -0.15) is 5.10 Å². The molecule has 94 valence electrons. The second kappa shape index (κ2) is 5.44. The van der Waals surface area contributed by atoms with Gasteiger partial charge in [-0.05, 0) is 36.2 Å². The molecule has 2 aromatic rings. The summed E-state index contributed by atoms with van der Waals surface area (Å²) in [6.45, 7) is 0.530. The van der Waals surface area contributed by atoms with Gasteiger partial charge in [0, 0.05) is 25.4 Å². The molecule has 1 N–H and O–H groups in total. The quantitative estimate of drug-likeness (QED) is 0.890. The lowest BCUT2D eigenvalue weighted by Crippen LogP contribution is -2.25. The first-order valence-electron chi connectivity index (χ1n) is 5.66. The summed E-state index contributed by atoms with van der Waals surface area (Å²) >= 11 is 0. The van der Waals surface area contributed by atoms with E-state index in [2.05, 4.69) is 10.4 Å². The van der Waals surface area contributed by atoms with Crippen molar-refractivity contribution in [2.24, 2.45) is 7.05 Å². The molecule has 1 heterocycles. The van der Waals surface area contributed by atoms with Crippen LogP contribution in [0.5, 0.6) is 0 Å². The van der Waals surface area contributed by atoms with Gasteiger partial charge in [0.1, 0.15) is 5.82 Å². The largest absolute Gasteiger partial charge is 0.352 e. The number of aryl methyl sites for hydroxylation is 1. The Hall–Kier alpha value is -2.17. The maximum absolute atomic E-state index is 12.7. The van der Waals surface area contributed by atoms with Crippen LogP contribution >= 0.6 is 0 Å². The lowest BCUT2D eigenvalue weighted by molar-refractivity contribution is 0.0954. The Kier molecular flexibility index (Phi) is 3.72. The van der Waals surface area contributed by atoms with Crippen molar-refractivity contribution >= 4 is 5.91 Å². The van der Waals surface area contributed by atoms with Gasteiger partial charge in [0.15, 0.2) is 0 Å². The Balaban J connectivity index is 1.83. The molecule has 1 aromatic heterocycles. The molecule has 18 heavy (non-hydrogen) atoms. The molecule has 0 fully saturated rings. The number of nitrogens with zero attached hydrogens (tertiary/aromatic N) is 2. The Morgan fingerprint density at radius 1 is 1.39 bits per heavy atom. The highest BCUT2D eigenvalue weighted by Crippen LogP contribution is 2.02. The predicted octanol–water partition coefficient (Wildman–Crippen LogP) is 1.53. The Morgan fingerprint density at radius 2 is 2.11 bits per heavy atom. The van der Waals surface area contributed by atoms with Crippen LogP contribution in [0.4, 0.5) is 4.39 Å². The molecule has 0 aliphatic rings. The first-order chi connectivity index (χ1) is 8.65. The molecular formula is C13H14FN3O. The smallest absolute Gasteiger partial charge is 0.251 e. The molecule has 1 aromatic carbocycles. The van der Waals surface area contributed by atoms with Gasteiger partial charge < -0.3 is 5.32 Å². The molecule has 0 spiro atoms. The highest BCUT2D eigenvalue weighted by molar-refractivity contribution is 5.94. The van der Waals surface area contributed by atoms with Crippen LogP contribution < -0.4 is 5.32 Å². The summed E-state index contributed by atoms with van der Waals surface area (Å²) in [6.07, 6.45) is 4.40. The molecule has 0 radical (unpaired) electrons. The minimum Gasteiger partial charge on any atom is -0.352 e. The molecule has 1 amide bonds. The molecule has 2 rings (SSSR count). The fraction of sp³-hybridized carbons (Fsp3) is 0.231. The molecule has 0 unspecified atom stereocenters. The van der Waals surface area contributed by atoms with Crippen molar-refractivity contribution in [3.63, 3.8) is 0 Å². The van der Waals surface area contributed by atoms with Gasteiger partial charge in [-0.25, -0.2) is 4.39 Å². The average molecular weight is 247 g/mol. The number of carbonyl (C=O) groups excluding carboxylic acids is 1. The number of nitrogens with one attached hydrogen (secondary N) is 1. The first kappa shape index (κ1) is 12.3. The fourth-order valence-corrected chi connectivity index (χ4v) is 1.62. The van der Waals surface area contributed by atoms with Crippen molar-refractivity contribution in [3.05, 3.63) is 53.6 Å². The SMILES string of the molecule is Cn1cc(CCNC(=O)c2ccc(F)cc2)cn1. The minimum atomic E-state index is -0.345. The van der Waals surface area contributed by atoms with Crippen molar-refractivity contribution in [1.29, 1.82) is 0 Å². The lowest BCUT2D eigenvalue weighted by Gasteiger charge is -2.03. The highest BCUT2D eigenvalue weighted by Gasteiger charge is 2.05. The van der Waals surface area contributed by atoms with E-state index in [1.165, 1.54) is 24.3 Å². The number of halogens is 1. The summed E-state index contributed by atoms with van der Waals surface area (Å²) < 4.78 is 14.4. The maximum atomic E-state index is 12.7. The van der Waals surface area contributed by atoms with E-state index in [-0.39, 0.29) is 11.7 Å². The topological polar surface area (TPSA) is 46.9 Å². The Bertz CT molecular complexity index is 533.